The van der Waals surface area contributed by atoms with Gasteiger partial charge in [0, 0.05) is 29.6 Å². The molecule has 8 rings (SSSR count). The quantitative estimate of drug-likeness (QED) is 0.101. The number of nitrogens with zero attached hydrogens (tertiary/aromatic N) is 5. The van der Waals surface area contributed by atoms with Crippen molar-refractivity contribution in [3.63, 3.8) is 0 Å². The van der Waals surface area contributed by atoms with Crippen LogP contribution in [0.4, 0.5) is 18.4 Å². The highest BCUT2D eigenvalue weighted by molar-refractivity contribution is 5.93. The van der Waals surface area contributed by atoms with Gasteiger partial charge in [-0.25, -0.2) is 28.3 Å². The molecular weight excluding hydrogens is 781 g/mol. The molecule has 3 aromatic heterocycles. The van der Waals surface area contributed by atoms with Crippen LogP contribution in [0, 0.1) is 23.5 Å². The number of carboxylic acid groups (broad SMARTS) is 1. The van der Waals surface area contributed by atoms with E-state index in [2.05, 4.69) is 30.6 Å². The zero-order valence-corrected chi connectivity index (χ0v) is 33.8. The van der Waals surface area contributed by atoms with E-state index >= 15 is 8.78 Å². The number of methoxy groups -OCH3 is 1. The molecule has 2 aromatic carbocycles. The number of fused-ring (bicyclic) bond motifs is 5. The molecule has 0 spiro atoms. The van der Waals surface area contributed by atoms with Gasteiger partial charge < -0.3 is 49.5 Å². The maximum Gasteiger partial charge on any atom is 0.407 e. The SMILES string of the molecule is COC(=O)N[C@H](C(=O)N1CCC[C@H]1c1ncc(-c2ccc3c(c2)c(F)c2n3COc3cc(-c4cnc([C@@H]5CCCN5C(=O)[C@@H](NC(=O)O)C(C)C)[nH]4)cc(F)c3-2)[nH]1)C(C)C. The molecule has 0 saturated carbocycles. The minimum absolute atomic E-state index is 0.0191. The van der Waals surface area contributed by atoms with Crippen molar-refractivity contribution in [1.29, 1.82) is 0 Å². The van der Waals surface area contributed by atoms with E-state index in [9.17, 15) is 24.3 Å². The summed E-state index contributed by atoms with van der Waals surface area (Å²) in [6.07, 6.45) is 3.96. The number of halogens is 2. The first kappa shape index (κ1) is 40.3. The maximum atomic E-state index is 16.6. The number of nitrogens with one attached hydrogen (secondary N) is 4. The summed E-state index contributed by atoms with van der Waals surface area (Å²) in [5.41, 5.74) is 2.68. The molecule has 3 aliphatic heterocycles. The summed E-state index contributed by atoms with van der Waals surface area (Å²) in [4.78, 5) is 69.5. The summed E-state index contributed by atoms with van der Waals surface area (Å²) >= 11 is 0. The van der Waals surface area contributed by atoms with Gasteiger partial charge >= 0.3 is 12.2 Å². The number of hydrogen-bond acceptors (Lipinski definition) is 8. The zero-order valence-electron chi connectivity index (χ0n) is 33.8. The number of alkyl carbamates (subject to hydrolysis) is 1. The first-order valence-corrected chi connectivity index (χ1v) is 20.1. The Morgan fingerprint density at radius 2 is 1.43 bits per heavy atom. The Balaban J connectivity index is 1.04. The molecule has 16 nitrogen and oxygen atoms in total. The minimum atomic E-state index is -1.28. The highest BCUT2D eigenvalue weighted by Gasteiger charge is 2.39. The first-order chi connectivity index (χ1) is 28.7. The van der Waals surface area contributed by atoms with E-state index in [0.29, 0.717) is 72.0 Å². The van der Waals surface area contributed by atoms with E-state index in [1.807, 2.05) is 19.9 Å². The highest BCUT2D eigenvalue weighted by Crippen LogP contribution is 2.45. The molecule has 2 saturated heterocycles. The fourth-order valence-corrected chi connectivity index (χ4v) is 8.71. The van der Waals surface area contributed by atoms with Crippen LogP contribution in [0.1, 0.15) is 77.1 Å². The molecule has 6 heterocycles. The summed E-state index contributed by atoms with van der Waals surface area (Å²) in [5, 5.41) is 14.6. The molecular formula is C42H47F2N9O7. The molecule has 0 bridgehead atoms. The summed E-state index contributed by atoms with van der Waals surface area (Å²) < 4.78 is 45.2. The normalized spacial score (nSPS) is 18.4. The van der Waals surface area contributed by atoms with Crippen molar-refractivity contribution in [2.75, 3.05) is 20.2 Å². The Labute approximate surface area is 343 Å². The number of carbonyl (C=O) groups excluding carboxylic acids is 3. The molecule has 316 valence electrons. The lowest BCUT2D eigenvalue weighted by Gasteiger charge is -2.30. The second-order valence-corrected chi connectivity index (χ2v) is 16.2. The van der Waals surface area contributed by atoms with Crippen LogP contribution in [0.5, 0.6) is 5.75 Å². The van der Waals surface area contributed by atoms with Gasteiger partial charge in [0.2, 0.25) is 11.8 Å². The second-order valence-electron chi connectivity index (χ2n) is 16.2. The molecule has 5 aromatic rings. The molecule has 18 heteroatoms. The summed E-state index contributed by atoms with van der Waals surface area (Å²) in [6, 6.07) is 5.69. The van der Waals surface area contributed by atoms with Gasteiger partial charge in [0.15, 0.2) is 12.5 Å². The number of imidazole rings is 2. The van der Waals surface area contributed by atoms with Gasteiger partial charge in [0.25, 0.3) is 0 Å². The fraction of sp³-hybridized carbons (Fsp3) is 0.429. The van der Waals surface area contributed by atoms with Gasteiger partial charge in [-0.1, -0.05) is 33.8 Å². The van der Waals surface area contributed by atoms with Crippen molar-refractivity contribution in [2.45, 2.75) is 84.3 Å². The lowest BCUT2D eigenvalue weighted by molar-refractivity contribution is -0.136. The van der Waals surface area contributed by atoms with Crippen LogP contribution in [0.3, 0.4) is 0 Å². The topological polar surface area (TPSA) is 200 Å². The predicted molar refractivity (Wildman–Crippen MR) is 214 cm³/mol. The van der Waals surface area contributed by atoms with Crippen LogP contribution < -0.4 is 15.4 Å². The van der Waals surface area contributed by atoms with Gasteiger partial charge in [0.1, 0.15) is 35.3 Å². The van der Waals surface area contributed by atoms with Gasteiger partial charge in [-0.05, 0) is 61.8 Å². The Morgan fingerprint density at radius 3 is 2.00 bits per heavy atom. The van der Waals surface area contributed by atoms with Crippen molar-refractivity contribution < 1.29 is 42.5 Å². The van der Waals surface area contributed by atoms with Gasteiger partial charge in [-0.2, -0.15) is 0 Å². The fourth-order valence-electron chi connectivity index (χ4n) is 8.71. The van der Waals surface area contributed by atoms with E-state index in [1.165, 1.54) is 13.2 Å². The Morgan fingerprint density at radius 1 is 0.850 bits per heavy atom. The lowest BCUT2D eigenvalue weighted by atomic mass is 10.0. The molecule has 60 heavy (non-hydrogen) atoms. The van der Waals surface area contributed by atoms with Gasteiger partial charge in [-0.15, -0.1) is 0 Å². The monoisotopic (exact) mass is 827 g/mol. The third-order valence-electron chi connectivity index (χ3n) is 11.8. The van der Waals surface area contributed by atoms with E-state index < -0.39 is 41.9 Å². The average molecular weight is 828 g/mol. The predicted octanol–water partition coefficient (Wildman–Crippen LogP) is 6.72. The van der Waals surface area contributed by atoms with Crippen LogP contribution in [0.15, 0.2) is 42.7 Å². The number of rotatable bonds is 10. The molecule has 0 radical (unpaired) electrons. The number of benzene rings is 2. The van der Waals surface area contributed by atoms with Crippen molar-refractivity contribution in [3.05, 3.63) is 66.0 Å². The standard InChI is InChI=1S/C42H47F2N9O7/c1-20(2)34(49-41(56)57)39(54)51-12-6-9-30(51)38-46-18-27(48-38)23-15-25(43)32-31(16-23)60-19-53-28-11-10-22(14-24(28)33(44)36(32)53)26-17-45-37(47-26)29-8-7-13-52(29)40(55)35(21(3)4)50-42(58)59-5/h10-11,14-18,20-21,29-30,34-35,49H,6-9,12-13,19H2,1-5H3,(H,45,47)(H,46,48)(H,50,58)(H,56,57)/t29-,30-,34-,35-/m0/s1. The minimum Gasteiger partial charge on any atom is -0.472 e. The smallest absolute Gasteiger partial charge is 0.407 e. The Hall–Kier alpha value is -6.46. The molecule has 3 aliphatic rings. The van der Waals surface area contributed by atoms with Crippen molar-refractivity contribution >= 4 is 34.9 Å². The number of aromatic amines is 2. The Bertz CT molecular complexity index is 2490. The third-order valence-corrected chi connectivity index (χ3v) is 11.8. The molecule has 0 unspecified atom stereocenters. The second kappa shape index (κ2) is 16.0. The Kier molecular flexibility index (Phi) is 10.7. The number of H-pyrrole nitrogens is 2. The zero-order chi connectivity index (χ0) is 42.6. The van der Waals surface area contributed by atoms with Crippen LogP contribution in [0.2, 0.25) is 0 Å². The van der Waals surface area contributed by atoms with E-state index in [4.69, 9.17) is 9.47 Å². The summed E-state index contributed by atoms with van der Waals surface area (Å²) in [7, 11) is 1.25. The summed E-state index contributed by atoms with van der Waals surface area (Å²) in [6.45, 7) is 8.12. The van der Waals surface area contributed by atoms with Crippen LogP contribution >= 0.6 is 0 Å². The first-order valence-electron chi connectivity index (χ1n) is 20.1. The number of likely N-dealkylation sites (tertiary alicyclic amines) is 2. The number of amides is 4. The van der Waals surface area contributed by atoms with Crippen LogP contribution in [0.25, 0.3) is 44.7 Å². The third kappa shape index (κ3) is 7.17. The maximum absolute atomic E-state index is 16.6. The molecule has 4 atom stereocenters. The molecule has 2 fully saturated rings. The van der Waals surface area contributed by atoms with Crippen molar-refractivity contribution in [3.8, 4) is 39.5 Å². The number of hydrogen-bond donors (Lipinski definition) is 5. The number of ether oxygens (including phenoxy) is 2. The number of carbonyl (C=O) groups is 4. The van der Waals surface area contributed by atoms with Gasteiger partial charge in [-0.3, -0.25) is 9.59 Å². The highest BCUT2D eigenvalue weighted by atomic mass is 19.1. The lowest BCUT2D eigenvalue weighted by Crippen LogP contribution is -2.51. The largest absolute Gasteiger partial charge is 0.472 e. The molecule has 0 aliphatic carbocycles. The van der Waals surface area contributed by atoms with Crippen molar-refractivity contribution in [2.24, 2.45) is 11.8 Å². The summed E-state index contributed by atoms with van der Waals surface area (Å²) in [5.74, 6) is -1.12. The van der Waals surface area contributed by atoms with Crippen LogP contribution in [-0.4, -0.2) is 95.7 Å². The molecule has 4 amide bonds. The van der Waals surface area contributed by atoms with E-state index in [-0.39, 0.29) is 58.8 Å². The molecule has 5 N–H and O–H groups in total. The average Bonchev–Trinajstić information content (AvgIpc) is 4.08. The van der Waals surface area contributed by atoms with E-state index in [1.54, 1.807) is 58.8 Å². The van der Waals surface area contributed by atoms with E-state index in [0.717, 1.165) is 6.42 Å². The number of aromatic nitrogens is 5. The van der Waals surface area contributed by atoms with Crippen LogP contribution in [-0.2, 0) is 21.1 Å². The van der Waals surface area contributed by atoms with Crippen molar-refractivity contribution in [1.82, 2.24) is 44.9 Å². The van der Waals surface area contributed by atoms with Gasteiger partial charge in [0.05, 0.1) is 59.7 Å².